The number of likely N-dealkylation sites (N-methyl/N-ethyl adjacent to an activating group) is 1. The van der Waals surface area contributed by atoms with Crippen molar-refractivity contribution in [2.24, 2.45) is 11.8 Å². The average Bonchev–Trinajstić information content (AvgIpc) is 3.50. The first-order valence-corrected chi connectivity index (χ1v) is 13.7. The van der Waals surface area contributed by atoms with Crippen LogP contribution in [0.3, 0.4) is 0 Å². The van der Waals surface area contributed by atoms with Crippen molar-refractivity contribution in [2.75, 3.05) is 20.1 Å². The summed E-state index contributed by atoms with van der Waals surface area (Å²) in [5.41, 5.74) is 2.39. The lowest BCUT2D eigenvalue weighted by atomic mass is 9.51. The summed E-state index contributed by atoms with van der Waals surface area (Å²) in [6.45, 7) is 7.11. The minimum absolute atomic E-state index is 0.0529. The maximum absolute atomic E-state index is 13.7. The second-order valence-electron chi connectivity index (χ2n) is 11.8. The molecule has 6 rings (SSSR count). The number of furan rings is 1. The Bertz CT molecular complexity index is 1280. The lowest BCUT2D eigenvalue weighted by molar-refractivity contribution is -0.138. The molecule has 38 heavy (non-hydrogen) atoms. The number of aromatic hydroxyl groups is 1. The Morgan fingerprint density at radius 1 is 1.34 bits per heavy atom. The Kier molecular flexibility index (Phi) is 6.05. The Morgan fingerprint density at radius 2 is 2.16 bits per heavy atom. The van der Waals surface area contributed by atoms with Crippen molar-refractivity contribution in [1.82, 2.24) is 9.80 Å². The molecule has 1 amide bonds. The maximum atomic E-state index is 13.7. The molecule has 1 aromatic heterocycles. The summed E-state index contributed by atoms with van der Waals surface area (Å²) in [5, 5.41) is 11.1. The summed E-state index contributed by atoms with van der Waals surface area (Å²) in [5.74, 6) is 1.10. The van der Waals surface area contributed by atoms with Gasteiger partial charge in [0.15, 0.2) is 11.5 Å². The van der Waals surface area contributed by atoms with Gasteiger partial charge in [-0.25, -0.2) is 0 Å². The second kappa shape index (κ2) is 9.19. The molecule has 4 aliphatic rings. The quantitative estimate of drug-likeness (QED) is 0.348. The van der Waals surface area contributed by atoms with E-state index < -0.39 is 5.97 Å². The molecule has 8 heteroatoms. The first kappa shape index (κ1) is 25.0. The van der Waals surface area contributed by atoms with Crippen molar-refractivity contribution in [2.45, 2.75) is 70.1 Å². The zero-order valence-electron chi connectivity index (χ0n) is 22.5. The number of hydrogen-bond acceptors (Lipinski definition) is 7. The smallest absolute Gasteiger partial charge is 0.308 e. The van der Waals surface area contributed by atoms with Gasteiger partial charge in [0.2, 0.25) is 5.91 Å². The van der Waals surface area contributed by atoms with E-state index in [4.69, 9.17) is 13.9 Å². The molecular formula is C30H36N2O6. The molecule has 2 bridgehead atoms. The molecule has 1 spiro atoms. The normalized spacial score (nSPS) is 29.3. The van der Waals surface area contributed by atoms with Crippen LogP contribution in [0.1, 0.15) is 56.7 Å². The summed E-state index contributed by atoms with van der Waals surface area (Å²) < 4.78 is 17.6. The Hall–Kier alpha value is -3.26. The minimum Gasteiger partial charge on any atom is -0.508 e. The molecule has 1 N–H and O–H groups in total. The number of hydrogen-bond donors (Lipinski definition) is 1. The van der Waals surface area contributed by atoms with Crippen LogP contribution in [-0.2, 0) is 21.4 Å². The number of likely N-dealkylation sites (tertiary alicyclic amines) is 1. The topological polar surface area (TPSA) is 92.5 Å². The van der Waals surface area contributed by atoms with Gasteiger partial charge in [0.05, 0.1) is 18.6 Å². The van der Waals surface area contributed by atoms with Gasteiger partial charge in [0.25, 0.3) is 0 Å². The van der Waals surface area contributed by atoms with Crippen LogP contribution in [0.25, 0.3) is 6.08 Å². The number of benzene rings is 1. The van der Waals surface area contributed by atoms with Gasteiger partial charge < -0.3 is 28.8 Å². The molecule has 8 nitrogen and oxygen atoms in total. The first-order valence-electron chi connectivity index (χ1n) is 13.7. The van der Waals surface area contributed by atoms with Gasteiger partial charge in [-0.3, -0.25) is 9.59 Å². The highest BCUT2D eigenvalue weighted by atomic mass is 16.6. The summed E-state index contributed by atoms with van der Waals surface area (Å²) in [6.07, 6.45) is 9.72. The van der Waals surface area contributed by atoms with Crippen LogP contribution >= 0.6 is 0 Å². The summed E-state index contributed by atoms with van der Waals surface area (Å²) in [7, 11) is 2.17. The lowest BCUT2D eigenvalue weighted by Crippen LogP contribution is -2.68. The van der Waals surface area contributed by atoms with Crippen molar-refractivity contribution in [1.29, 1.82) is 0 Å². The van der Waals surface area contributed by atoms with E-state index in [0.29, 0.717) is 18.2 Å². The van der Waals surface area contributed by atoms with Crippen LogP contribution < -0.4 is 9.47 Å². The van der Waals surface area contributed by atoms with E-state index in [1.807, 2.05) is 11.0 Å². The molecule has 2 fully saturated rings. The van der Waals surface area contributed by atoms with Gasteiger partial charge in [-0.15, -0.1) is 0 Å². The number of carbonyl (C=O) groups is 2. The molecule has 1 saturated heterocycles. The van der Waals surface area contributed by atoms with Crippen molar-refractivity contribution in [3.8, 4) is 17.2 Å². The number of phenolic OH excluding ortho intramolecular Hbond substituents is 1. The van der Waals surface area contributed by atoms with E-state index >= 15 is 0 Å². The van der Waals surface area contributed by atoms with Crippen molar-refractivity contribution in [3.05, 3.63) is 47.4 Å². The number of ether oxygens (including phenoxy) is 2. The van der Waals surface area contributed by atoms with E-state index in [2.05, 4.69) is 25.8 Å². The minimum atomic E-state index is -0.456. The molecule has 5 atom stereocenters. The van der Waals surface area contributed by atoms with Crippen LogP contribution in [-0.4, -0.2) is 65.1 Å². The van der Waals surface area contributed by atoms with Gasteiger partial charge in [-0.1, -0.05) is 13.8 Å². The van der Waals surface area contributed by atoms with Gasteiger partial charge in [0.1, 0.15) is 11.9 Å². The number of nitrogens with zero attached hydrogens (tertiary/aromatic N) is 2. The van der Waals surface area contributed by atoms with E-state index in [9.17, 15) is 14.7 Å². The SMILES string of the molecule is CC(=O)Oc1cc(O)c2c3c1O[C@H]1[C@H](N(CC(C)C)C(=O)/C=C/c4ccoc4)CC[C@H]4[C@@H](C2)N(C)CC[C@@]341. The molecule has 2 aromatic rings. The molecule has 2 aliphatic carbocycles. The third kappa shape index (κ3) is 3.75. The highest BCUT2D eigenvalue weighted by Crippen LogP contribution is 2.65. The number of piperidine rings is 1. The van der Waals surface area contributed by atoms with Crippen LogP contribution in [0.2, 0.25) is 0 Å². The summed E-state index contributed by atoms with van der Waals surface area (Å²) >= 11 is 0. The molecule has 3 heterocycles. The van der Waals surface area contributed by atoms with Gasteiger partial charge in [-0.2, -0.15) is 0 Å². The van der Waals surface area contributed by atoms with E-state index in [0.717, 1.165) is 48.9 Å². The van der Waals surface area contributed by atoms with Crippen LogP contribution in [0.15, 0.2) is 35.2 Å². The average molecular weight is 521 g/mol. The van der Waals surface area contributed by atoms with E-state index in [1.54, 1.807) is 24.7 Å². The van der Waals surface area contributed by atoms with Crippen molar-refractivity contribution >= 4 is 18.0 Å². The zero-order chi connectivity index (χ0) is 26.8. The second-order valence-corrected chi connectivity index (χ2v) is 11.8. The van der Waals surface area contributed by atoms with Gasteiger partial charge >= 0.3 is 5.97 Å². The number of phenols is 1. The fraction of sp³-hybridized carbons (Fsp3) is 0.533. The van der Waals surface area contributed by atoms with Gasteiger partial charge in [-0.05, 0) is 63.3 Å². The molecule has 0 radical (unpaired) electrons. The third-order valence-electron chi connectivity index (χ3n) is 9.11. The number of esters is 1. The molecular weight excluding hydrogens is 484 g/mol. The molecule has 0 unspecified atom stereocenters. The van der Waals surface area contributed by atoms with Gasteiger partial charge in [0, 0.05) is 53.8 Å². The van der Waals surface area contributed by atoms with Crippen molar-refractivity contribution in [3.63, 3.8) is 0 Å². The summed E-state index contributed by atoms with van der Waals surface area (Å²) in [6, 6.07) is 3.49. The lowest BCUT2D eigenvalue weighted by Gasteiger charge is -2.60. The Balaban J connectivity index is 1.45. The van der Waals surface area contributed by atoms with Crippen LogP contribution in [0.5, 0.6) is 17.2 Å². The number of carbonyl (C=O) groups excluding carboxylic acids is 2. The largest absolute Gasteiger partial charge is 0.508 e. The first-order chi connectivity index (χ1) is 18.2. The van der Waals surface area contributed by atoms with E-state index in [-0.39, 0.29) is 46.9 Å². The predicted octanol–water partition coefficient (Wildman–Crippen LogP) is 4.15. The fourth-order valence-corrected chi connectivity index (χ4v) is 7.73. The Labute approximate surface area is 223 Å². The third-order valence-corrected chi connectivity index (χ3v) is 9.11. The molecule has 202 valence electrons. The van der Waals surface area contributed by atoms with Crippen LogP contribution in [0.4, 0.5) is 0 Å². The maximum Gasteiger partial charge on any atom is 0.308 e. The summed E-state index contributed by atoms with van der Waals surface area (Å²) in [4.78, 5) is 30.1. The molecule has 2 aliphatic heterocycles. The highest BCUT2D eigenvalue weighted by Gasteiger charge is 2.67. The number of rotatable bonds is 6. The fourth-order valence-electron chi connectivity index (χ4n) is 7.73. The molecule has 1 aromatic carbocycles. The zero-order valence-corrected chi connectivity index (χ0v) is 22.5. The number of amides is 1. The monoisotopic (exact) mass is 520 g/mol. The highest BCUT2D eigenvalue weighted by molar-refractivity contribution is 5.92. The van der Waals surface area contributed by atoms with E-state index in [1.165, 1.54) is 13.0 Å². The standard InChI is InChI=1S/C30H36N2O6/c1-17(2)15-32(26(35)8-5-19-9-12-36-16-19)22-7-6-21-23-13-20-24(34)14-25(37-18(3)33)28-27(20)30(21,29(22)38-28)10-11-31(23)4/h5,8-9,12,14,16-17,21-23,29,34H,6-7,10-11,13,15H2,1-4H3/b8-5+/t21-,22+,23+,29-,30-/m0/s1. The van der Waals surface area contributed by atoms with Crippen LogP contribution in [0, 0.1) is 11.8 Å². The van der Waals surface area contributed by atoms with Crippen molar-refractivity contribution < 1.29 is 28.6 Å². The predicted molar refractivity (Wildman–Crippen MR) is 141 cm³/mol. The molecule has 1 saturated carbocycles. The Morgan fingerprint density at radius 3 is 2.87 bits per heavy atom.